The first-order valence-electron chi connectivity index (χ1n) is 5.73. The van der Waals surface area contributed by atoms with Gasteiger partial charge in [-0.3, -0.25) is 4.79 Å². The average Bonchev–Trinajstić information content (AvgIpc) is 2.54. The molecule has 1 aromatic heterocycles. The molecule has 1 aliphatic heterocycles. The van der Waals surface area contributed by atoms with Gasteiger partial charge >= 0.3 is 0 Å². The first-order chi connectivity index (χ1) is 7.49. The zero-order valence-electron chi connectivity index (χ0n) is 9.91. The summed E-state index contributed by atoms with van der Waals surface area (Å²) in [5, 5.41) is 0. The summed E-state index contributed by atoms with van der Waals surface area (Å²) in [5.74, 6) is 1.70. The summed E-state index contributed by atoms with van der Waals surface area (Å²) in [7, 11) is 0. The molecule has 2 heterocycles. The van der Waals surface area contributed by atoms with Gasteiger partial charge in [0.15, 0.2) is 5.89 Å². The predicted molar refractivity (Wildman–Crippen MR) is 58.1 cm³/mol. The third-order valence-electron chi connectivity index (χ3n) is 3.92. The second-order valence-electron chi connectivity index (χ2n) is 5.39. The van der Waals surface area contributed by atoms with Crippen LogP contribution in [-0.2, 0) is 0 Å². The molecule has 2 fully saturated rings. The molecule has 0 aromatic carbocycles. The molecule has 1 aromatic rings. The van der Waals surface area contributed by atoms with Crippen LogP contribution >= 0.6 is 0 Å². The molecule has 1 saturated carbocycles. The number of hydrogen-bond acceptors (Lipinski definition) is 3. The van der Waals surface area contributed by atoms with Crippen molar-refractivity contribution in [3.8, 4) is 0 Å². The number of amides is 1. The number of piperidine rings is 1. The minimum Gasteiger partial charge on any atom is -0.436 e. The van der Waals surface area contributed by atoms with Crippen molar-refractivity contribution in [1.82, 2.24) is 9.88 Å². The van der Waals surface area contributed by atoms with E-state index in [1.165, 1.54) is 6.42 Å². The van der Waals surface area contributed by atoms with Crippen molar-refractivity contribution in [2.45, 2.75) is 27.2 Å². The molecule has 4 heteroatoms. The highest BCUT2D eigenvalue weighted by Crippen LogP contribution is 2.57. The van der Waals surface area contributed by atoms with Crippen LogP contribution in [0.5, 0.6) is 0 Å². The number of aromatic nitrogens is 1. The summed E-state index contributed by atoms with van der Waals surface area (Å²) >= 11 is 0. The van der Waals surface area contributed by atoms with Gasteiger partial charge in [0.05, 0.1) is 5.69 Å². The third kappa shape index (κ3) is 1.29. The Hall–Kier alpha value is -1.32. The molecule has 0 N–H and O–H groups in total. The third-order valence-corrected chi connectivity index (χ3v) is 3.92. The number of fused-ring (bicyclic) bond motifs is 1. The van der Waals surface area contributed by atoms with Crippen LogP contribution in [-0.4, -0.2) is 28.9 Å². The van der Waals surface area contributed by atoms with E-state index in [2.05, 4.69) is 11.9 Å². The lowest BCUT2D eigenvalue weighted by molar-refractivity contribution is 0.0732. The topological polar surface area (TPSA) is 46.3 Å². The van der Waals surface area contributed by atoms with Gasteiger partial charge in [0, 0.05) is 20.0 Å². The summed E-state index contributed by atoms with van der Waals surface area (Å²) in [4.78, 5) is 18.2. The number of oxazole rings is 1. The Morgan fingerprint density at radius 2 is 2.31 bits per heavy atom. The molecule has 1 amide bonds. The molecule has 0 spiro atoms. The van der Waals surface area contributed by atoms with E-state index in [0.717, 1.165) is 13.1 Å². The van der Waals surface area contributed by atoms with Crippen LogP contribution in [0.4, 0.5) is 0 Å². The molecule has 2 atom stereocenters. The van der Waals surface area contributed by atoms with Crippen LogP contribution in [0.1, 0.15) is 35.5 Å². The van der Waals surface area contributed by atoms with E-state index >= 15 is 0 Å². The van der Waals surface area contributed by atoms with Gasteiger partial charge in [-0.25, -0.2) is 4.98 Å². The first kappa shape index (κ1) is 9.87. The highest BCUT2D eigenvalue weighted by Gasteiger charge is 2.57. The minimum atomic E-state index is 0.00604. The van der Waals surface area contributed by atoms with Gasteiger partial charge in [0.1, 0.15) is 0 Å². The second kappa shape index (κ2) is 2.87. The van der Waals surface area contributed by atoms with E-state index in [1.54, 1.807) is 6.92 Å². The lowest BCUT2D eigenvalue weighted by Crippen LogP contribution is -2.31. The summed E-state index contributed by atoms with van der Waals surface area (Å²) in [6.07, 6.45) is 1.27. The lowest BCUT2D eigenvalue weighted by Gasteiger charge is -2.18. The Morgan fingerprint density at radius 3 is 2.81 bits per heavy atom. The Kier molecular flexibility index (Phi) is 1.77. The Balaban J connectivity index is 1.81. The maximum atomic E-state index is 12.2. The molecule has 2 aliphatic rings. The molecule has 86 valence electrons. The Labute approximate surface area is 94.6 Å². The van der Waals surface area contributed by atoms with Crippen LogP contribution < -0.4 is 0 Å². The molecule has 1 saturated heterocycles. The fourth-order valence-electron chi connectivity index (χ4n) is 2.78. The van der Waals surface area contributed by atoms with E-state index in [0.29, 0.717) is 28.7 Å². The number of nitrogens with zero attached hydrogens (tertiary/aromatic N) is 2. The summed E-state index contributed by atoms with van der Waals surface area (Å²) in [6.45, 7) is 7.60. The molecular formula is C12H16N2O2. The molecule has 0 radical (unpaired) electrons. The quantitative estimate of drug-likeness (QED) is 0.724. The summed E-state index contributed by atoms with van der Waals surface area (Å²) in [6, 6.07) is 0. The van der Waals surface area contributed by atoms with Gasteiger partial charge < -0.3 is 9.32 Å². The first-order valence-corrected chi connectivity index (χ1v) is 5.73. The Morgan fingerprint density at radius 1 is 1.56 bits per heavy atom. The molecular weight excluding hydrogens is 204 g/mol. The van der Waals surface area contributed by atoms with E-state index in [-0.39, 0.29) is 5.91 Å². The SMILES string of the molecule is Cc1nc(C)c(C(=O)N2CC3CC3(C)C2)o1. The van der Waals surface area contributed by atoms with Gasteiger partial charge in [0.2, 0.25) is 5.76 Å². The normalized spacial score (nSPS) is 31.7. The highest BCUT2D eigenvalue weighted by atomic mass is 16.4. The van der Waals surface area contributed by atoms with Crippen molar-refractivity contribution in [1.29, 1.82) is 0 Å². The smallest absolute Gasteiger partial charge is 0.291 e. The number of rotatable bonds is 1. The largest absolute Gasteiger partial charge is 0.436 e. The van der Waals surface area contributed by atoms with Crippen LogP contribution in [0.2, 0.25) is 0 Å². The van der Waals surface area contributed by atoms with Crippen LogP contribution in [0.3, 0.4) is 0 Å². The van der Waals surface area contributed by atoms with Crippen molar-refractivity contribution in [3.05, 3.63) is 17.3 Å². The van der Waals surface area contributed by atoms with Gasteiger partial charge in [-0.1, -0.05) is 6.92 Å². The fourth-order valence-corrected chi connectivity index (χ4v) is 2.78. The maximum absolute atomic E-state index is 12.2. The monoisotopic (exact) mass is 220 g/mol. The van der Waals surface area contributed by atoms with E-state index in [4.69, 9.17) is 4.42 Å². The zero-order chi connectivity index (χ0) is 11.5. The van der Waals surface area contributed by atoms with Gasteiger partial charge in [-0.05, 0) is 24.7 Å². The predicted octanol–water partition coefficient (Wildman–Crippen LogP) is 1.77. The number of aryl methyl sites for hydroxylation is 2. The van der Waals surface area contributed by atoms with Crippen LogP contribution in [0.15, 0.2) is 4.42 Å². The Bertz CT molecular complexity index is 466. The molecule has 1 aliphatic carbocycles. The number of carbonyl (C=O) groups excluding carboxylic acids is 1. The van der Waals surface area contributed by atoms with E-state index in [9.17, 15) is 4.79 Å². The summed E-state index contributed by atoms with van der Waals surface area (Å²) < 4.78 is 5.37. The molecule has 3 rings (SSSR count). The number of hydrogen-bond donors (Lipinski definition) is 0. The lowest BCUT2D eigenvalue weighted by atomic mass is 10.1. The molecule has 4 nitrogen and oxygen atoms in total. The zero-order valence-corrected chi connectivity index (χ0v) is 9.91. The van der Waals surface area contributed by atoms with E-state index in [1.807, 2.05) is 11.8 Å². The van der Waals surface area contributed by atoms with Crippen LogP contribution in [0.25, 0.3) is 0 Å². The fraction of sp³-hybridized carbons (Fsp3) is 0.667. The second-order valence-corrected chi connectivity index (χ2v) is 5.39. The standard InChI is InChI=1S/C12H16N2O2/c1-7-10(16-8(2)13-7)11(15)14-5-9-4-12(9,3)6-14/h9H,4-6H2,1-3H3. The molecule has 16 heavy (non-hydrogen) atoms. The van der Waals surface area contributed by atoms with Gasteiger partial charge in [-0.15, -0.1) is 0 Å². The minimum absolute atomic E-state index is 0.00604. The van der Waals surface area contributed by atoms with Crippen molar-refractivity contribution >= 4 is 5.91 Å². The van der Waals surface area contributed by atoms with E-state index < -0.39 is 0 Å². The van der Waals surface area contributed by atoms with Crippen molar-refractivity contribution in [3.63, 3.8) is 0 Å². The molecule has 0 bridgehead atoms. The van der Waals surface area contributed by atoms with Crippen LogP contribution in [0, 0.1) is 25.2 Å². The summed E-state index contributed by atoms with van der Waals surface area (Å²) in [5.41, 5.74) is 1.09. The average molecular weight is 220 g/mol. The van der Waals surface area contributed by atoms with Crippen molar-refractivity contribution in [2.24, 2.45) is 11.3 Å². The van der Waals surface area contributed by atoms with Crippen molar-refractivity contribution in [2.75, 3.05) is 13.1 Å². The molecule has 2 unspecified atom stereocenters. The number of likely N-dealkylation sites (tertiary alicyclic amines) is 1. The van der Waals surface area contributed by atoms with Crippen molar-refractivity contribution < 1.29 is 9.21 Å². The van der Waals surface area contributed by atoms with Gasteiger partial charge in [0.25, 0.3) is 5.91 Å². The number of carbonyl (C=O) groups is 1. The van der Waals surface area contributed by atoms with Gasteiger partial charge in [-0.2, -0.15) is 0 Å². The maximum Gasteiger partial charge on any atom is 0.291 e. The highest BCUT2D eigenvalue weighted by molar-refractivity contribution is 5.92.